The van der Waals surface area contributed by atoms with Crippen molar-refractivity contribution in [2.24, 2.45) is 5.92 Å². The van der Waals surface area contributed by atoms with E-state index in [4.69, 9.17) is 4.74 Å². The first-order valence-corrected chi connectivity index (χ1v) is 8.66. The van der Waals surface area contributed by atoms with Crippen LogP contribution in [0.25, 0.3) is 0 Å². The molecule has 0 aromatic carbocycles. The van der Waals surface area contributed by atoms with Crippen molar-refractivity contribution in [1.29, 1.82) is 0 Å². The predicted octanol–water partition coefficient (Wildman–Crippen LogP) is 2.82. The van der Waals surface area contributed by atoms with Gasteiger partial charge in [0, 0.05) is 18.6 Å². The molecule has 0 aromatic heterocycles. The van der Waals surface area contributed by atoms with Gasteiger partial charge >= 0.3 is 6.09 Å². The van der Waals surface area contributed by atoms with Crippen LogP contribution in [0, 0.1) is 5.92 Å². The molecule has 1 aliphatic carbocycles. The molecular formula is C17H34N2O3. The van der Waals surface area contributed by atoms with Crippen molar-refractivity contribution in [1.82, 2.24) is 10.6 Å². The average molecular weight is 314 g/mol. The summed E-state index contributed by atoms with van der Waals surface area (Å²) in [5.74, 6) is 0.365. The third-order valence-corrected chi connectivity index (χ3v) is 4.36. The van der Waals surface area contributed by atoms with E-state index in [0.29, 0.717) is 18.5 Å². The van der Waals surface area contributed by atoms with Gasteiger partial charge in [-0.2, -0.15) is 0 Å². The van der Waals surface area contributed by atoms with Crippen LogP contribution in [0.1, 0.15) is 66.7 Å². The number of rotatable bonds is 7. The molecule has 3 N–H and O–H groups in total. The summed E-state index contributed by atoms with van der Waals surface area (Å²) in [6.45, 7) is 10.5. The Labute approximate surface area is 135 Å². The molecule has 0 spiro atoms. The van der Waals surface area contributed by atoms with Crippen LogP contribution in [0.3, 0.4) is 0 Å². The van der Waals surface area contributed by atoms with Gasteiger partial charge in [-0.15, -0.1) is 0 Å². The number of nitrogens with one attached hydrogen (secondary N) is 2. The molecule has 0 radical (unpaired) electrons. The highest BCUT2D eigenvalue weighted by Gasteiger charge is 2.28. The number of hydrogen-bond donors (Lipinski definition) is 3. The lowest BCUT2D eigenvalue weighted by Gasteiger charge is -2.23. The van der Waals surface area contributed by atoms with Gasteiger partial charge in [0.2, 0.25) is 0 Å². The molecule has 1 fully saturated rings. The maximum atomic E-state index is 11.8. The topological polar surface area (TPSA) is 70.6 Å². The van der Waals surface area contributed by atoms with Crippen molar-refractivity contribution >= 4 is 6.09 Å². The molecule has 0 aliphatic heterocycles. The van der Waals surface area contributed by atoms with E-state index in [0.717, 1.165) is 32.1 Å². The fourth-order valence-electron chi connectivity index (χ4n) is 3.06. The first-order valence-electron chi connectivity index (χ1n) is 8.66. The molecule has 1 rings (SSSR count). The molecular weight excluding hydrogens is 280 g/mol. The number of carbonyl (C=O) groups is 1. The van der Waals surface area contributed by atoms with Gasteiger partial charge < -0.3 is 20.5 Å². The zero-order valence-electron chi connectivity index (χ0n) is 14.8. The van der Waals surface area contributed by atoms with Crippen molar-refractivity contribution in [3.8, 4) is 0 Å². The Morgan fingerprint density at radius 2 is 1.82 bits per heavy atom. The van der Waals surface area contributed by atoms with Gasteiger partial charge in [0.1, 0.15) is 5.60 Å². The molecule has 130 valence electrons. The second kappa shape index (κ2) is 8.73. The van der Waals surface area contributed by atoms with Crippen LogP contribution in [0.5, 0.6) is 0 Å². The van der Waals surface area contributed by atoms with Gasteiger partial charge in [0.05, 0.1) is 6.10 Å². The van der Waals surface area contributed by atoms with Gasteiger partial charge in [-0.25, -0.2) is 4.79 Å². The first kappa shape index (κ1) is 19.2. The summed E-state index contributed by atoms with van der Waals surface area (Å²) in [5, 5.41) is 16.5. The maximum absolute atomic E-state index is 11.8. The molecule has 1 saturated carbocycles. The molecule has 5 nitrogen and oxygen atoms in total. The van der Waals surface area contributed by atoms with Gasteiger partial charge in [-0.1, -0.05) is 26.7 Å². The molecule has 0 saturated heterocycles. The fraction of sp³-hybridized carbons (Fsp3) is 0.941. The lowest BCUT2D eigenvalue weighted by molar-refractivity contribution is 0.0504. The third kappa shape index (κ3) is 6.97. The summed E-state index contributed by atoms with van der Waals surface area (Å²) in [6.07, 6.45) is 4.27. The molecule has 0 aromatic rings. The van der Waals surface area contributed by atoms with Crippen LogP contribution < -0.4 is 10.6 Å². The number of amides is 1. The molecule has 5 heteroatoms. The highest BCUT2D eigenvalue weighted by molar-refractivity contribution is 5.68. The third-order valence-electron chi connectivity index (χ3n) is 4.36. The first-order chi connectivity index (χ1) is 10.2. The molecule has 1 aliphatic rings. The van der Waals surface area contributed by atoms with E-state index in [1.165, 1.54) is 0 Å². The van der Waals surface area contributed by atoms with Crippen LogP contribution in [-0.4, -0.2) is 41.5 Å². The van der Waals surface area contributed by atoms with Gasteiger partial charge in [0.15, 0.2) is 0 Å². The van der Waals surface area contributed by atoms with Crippen molar-refractivity contribution in [2.75, 3.05) is 6.54 Å². The lowest BCUT2D eigenvalue weighted by atomic mass is 9.96. The van der Waals surface area contributed by atoms with Gasteiger partial charge in [-0.3, -0.25) is 0 Å². The second-order valence-electron chi connectivity index (χ2n) is 7.41. The Morgan fingerprint density at radius 1 is 1.23 bits per heavy atom. The summed E-state index contributed by atoms with van der Waals surface area (Å²) >= 11 is 0. The SMILES string of the molecule is CCC(CC)C(O)CNC1CCC(NC(=O)OC(C)(C)C)C1. The number of hydrogen-bond acceptors (Lipinski definition) is 4. The zero-order valence-corrected chi connectivity index (χ0v) is 14.8. The molecule has 0 bridgehead atoms. The second-order valence-corrected chi connectivity index (χ2v) is 7.41. The smallest absolute Gasteiger partial charge is 0.407 e. The highest BCUT2D eigenvalue weighted by Crippen LogP contribution is 2.20. The van der Waals surface area contributed by atoms with E-state index in [1.54, 1.807) is 0 Å². The summed E-state index contributed by atoms with van der Waals surface area (Å²) in [6, 6.07) is 0.529. The minimum Gasteiger partial charge on any atom is -0.444 e. The van der Waals surface area contributed by atoms with Crippen LogP contribution in [0.4, 0.5) is 4.79 Å². The van der Waals surface area contributed by atoms with Gasteiger partial charge in [0.25, 0.3) is 0 Å². The predicted molar refractivity (Wildman–Crippen MR) is 88.9 cm³/mol. The Morgan fingerprint density at radius 3 is 2.36 bits per heavy atom. The number of aliphatic hydroxyl groups is 1. The quantitative estimate of drug-likeness (QED) is 0.676. The summed E-state index contributed by atoms with van der Waals surface area (Å²) in [5.41, 5.74) is -0.459. The Hall–Kier alpha value is -0.810. The molecule has 3 unspecified atom stereocenters. The van der Waals surface area contributed by atoms with E-state index < -0.39 is 5.60 Å². The standard InChI is InChI=1S/C17H34N2O3/c1-6-12(7-2)15(20)11-18-13-8-9-14(10-13)19-16(21)22-17(3,4)5/h12-15,18,20H,6-11H2,1-5H3,(H,19,21). The van der Waals surface area contributed by atoms with Crippen molar-refractivity contribution in [3.63, 3.8) is 0 Å². The fourth-order valence-corrected chi connectivity index (χ4v) is 3.06. The van der Waals surface area contributed by atoms with E-state index in [-0.39, 0.29) is 18.2 Å². The van der Waals surface area contributed by atoms with Crippen molar-refractivity contribution < 1.29 is 14.6 Å². The van der Waals surface area contributed by atoms with Crippen LogP contribution >= 0.6 is 0 Å². The molecule has 3 atom stereocenters. The Bertz CT molecular complexity index is 337. The molecule has 0 heterocycles. The van der Waals surface area contributed by atoms with E-state index in [1.807, 2.05) is 20.8 Å². The summed E-state index contributed by atoms with van der Waals surface area (Å²) in [7, 11) is 0. The normalized spacial score (nSPS) is 23.6. The Kier molecular flexibility index (Phi) is 7.63. The molecule has 22 heavy (non-hydrogen) atoms. The number of aliphatic hydroxyl groups excluding tert-OH is 1. The maximum Gasteiger partial charge on any atom is 0.407 e. The average Bonchev–Trinajstić information content (AvgIpc) is 2.83. The Balaban J connectivity index is 2.27. The summed E-state index contributed by atoms with van der Waals surface area (Å²) in [4.78, 5) is 11.8. The van der Waals surface area contributed by atoms with Crippen molar-refractivity contribution in [3.05, 3.63) is 0 Å². The number of alkyl carbamates (subject to hydrolysis) is 1. The van der Waals surface area contributed by atoms with Crippen LogP contribution in [0.15, 0.2) is 0 Å². The minimum absolute atomic E-state index is 0.164. The minimum atomic E-state index is -0.459. The van der Waals surface area contributed by atoms with Gasteiger partial charge in [-0.05, 0) is 46.0 Å². The monoisotopic (exact) mass is 314 g/mol. The highest BCUT2D eigenvalue weighted by atomic mass is 16.6. The van der Waals surface area contributed by atoms with Crippen LogP contribution in [-0.2, 0) is 4.74 Å². The van der Waals surface area contributed by atoms with E-state index in [9.17, 15) is 9.90 Å². The zero-order chi connectivity index (χ0) is 16.8. The van der Waals surface area contributed by atoms with E-state index >= 15 is 0 Å². The number of carbonyl (C=O) groups excluding carboxylic acids is 1. The molecule has 1 amide bonds. The van der Waals surface area contributed by atoms with Crippen molar-refractivity contribution in [2.45, 2.75) is 90.5 Å². The largest absolute Gasteiger partial charge is 0.444 e. The summed E-state index contributed by atoms with van der Waals surface area (Å²) < 4.78 is 5.28. The lowest BCUT2D eigenvalue weighted by Crippen LogP contribution is -2.40. The van der Waals surface area contributed by atoms with E-state index in [2.05, 4.69) is 24.5 Å². The van der Waals surface area contributed by atoms with Crippen LogP contribution in [0.2, 0.25) is 0 Å². The number of ether oxygens (including phenoxy) is 1.